The van der Waals surface area contributed by atoms with E-state index in [1.807, 2.05) is 24.3 Å². The number of hydrogen-bond acceptors (Lipinski definition) is 6. The van der Waals surface area contributed by atoms with Crippen molar-refractivity contribution in [3.8, 4) is 17.0 Å². The summed E-state index contributed by atoms with van der Waals surface area (Å²) in [5.41, 5.74) is 3.75. The second-order valence-corrected chi connectivity index (χ2v) is 6.75. The molecule has 4 rings (SSSR count). The van der Waals surface area contributed by atoms with Crippen LogP contribution in [0, 0.1) is 0 Å². The Morgan fingerprint density at radius 1 is 1.07 bits per heavy atom. The van der Waals surface area contributed by atoms with E-state index in [2.05, 4.69) is 20.6 Å². The number of aromatic nitrogens is 2. The van der Waals surface area contributed by atoms with E-state index in [1.165, 1.54) is 0 Å². The second-order valence-electron chi connectivity index (χ2n) is 6.75. The normalized spacial score (nSPS) is 12.4. The number of nitrogens with one attached hydrogen (secondary N) is 2. The molecule has 2 amide bonds. The third kappa shape index (κ3) is 4.01. The van der Waals surface area contributed by atoms with Crippen LogP contribution in [0.2, 0.25) is 0 Å². The topological polar surface area (TPSA) is 96.5 Å². The molecule has 0 aliphatic carbocycles. The molecule has 1 aliphatic rings. The Balaban J connectivity index is 1.48. The van der Waals surface area contributed by atoms with Gasteiger partial charge in [0.2, 0.25) is 5.88 Å². The lowest BCUT2D eigenvalue weighted by Crippen LogP contribution is -2.26. The molecule has 0 saturated carbocycles. The number of benzene rings is 1. The minimum atomic E-state index is -0.211. The lowest BCUT2D eigenvalue weighted by molar-refractivity contribution is -0.118. The van der Waals surface area contributed by atoms with Crippen LogP contribution in [0.4, 0.5) is 17.2 Å². The van der Waals surface area contributed by atoms with E-state index in [0.29, 0.717) is 28.6 Å². The van der Waals surface area contributed by atoms with Crippen LogP contribution in [0.3, 0.4) is 0 Å². The molecule has 0 unspecified atom stereocenters. The number of pyridine rings is 2. The first-order chi connectivity index (χ1) is 14.0. The van der Waals surface area contributed by atoms with Crippen molar-refractivity contribution in [3.63, 3.8) is 0 Å². The summed E-state index contributed by atoms with van der Waals surface area (Å²) in [7, 11) is 3.45. The summed E-state index contributed by atoms with van der Waals surface area (Å²) < 4.78 is 5.25. The Morgan fingerprint density at radius 3 is 2.52 bits per heavy atom. The number of amides is 2. The highest BCUT2D eigenvalue weighted by Gasteiger charge is 2.17. The van der Waals surface area contributed by atoms with E-state index in [9.17, 15) is 9.59 Å². The molecule has 1 aliphatic heterocycles. The van der Waals surface area contributed by atoms with Crippen molar-refractivity contribution in [2.45, 2.75) is 0 Å². The highest BCUT2D eigenvalue weighted by atomic mass is 16.5. The molecule has 2 aromatic heterocycles. The van der Waals surface area contributed by atoms with Gasteiger partial charge in [-0.1, -0.05) is 12.1 Å². The number of hydrogen-bond donors (Lipinski definition) is 2. The van der Waals surface area contributed by atoms with Gasteiger partial charge in [0.05, 0.1) is 11.9 Å². The molecule has 0 atom stereocenters. The zero-order valence-corrected chi connectivity index (χ0v) is 16.0. The van der Waals surface area contributed by atoms with Crippen LogP contribution in [-0.2, 0) is 4.79 Å². The minimum Gasteiger partial charge on any atom is -0.466 e. The molecule has 8 heteroatoms. The molecule has 2 N–H and O–H groups in total. The van der Waals surface area contributed by atoms with Crippen LogP contribution in [-0.4, -0.2) is 47.4 Å². The Bertz CT molecular complexity index is 1060. The highest BCUT2D eigenvalue weighted by Crippen LogP contribution is 2.29. The smallest absolute Gasteiger partial charge is 0.262 e. The highest BCUT2D eigenvalue weighted by molar-refractivity contribution is 5.95. The fourth-order valence-electron chi connectivity index (χ4n) is 2.90. The van der Waals surface area contributed by atoms with Crippen LogP contribution in [0.15, 0.2) is 54.9 Å². The van der Waals surface area contributed by atoms with Crippen LogP contribution in [0.25, 0.3) is 11.1 Å². The van der Waals surface area contributed by atoms with Gasteiger partial charge in [-0.15, -0.1) is 0 Å². The fraction of sp³-hybridized carbons (Fsp3) is 0.143. The van der Waals surface area contributed by atoms with E-state index in [-0.39, 0.29) is 18.4 Å². The van der Waals surface area contributed by atoms with Gasteiger partial charge in [-0.25, -0.2) is 9.97 Å². The van der Waals surface area contributed by atoms with Crippen molar-refractivity contribution in [2.75, 3.05) is 31.3 Å². The van der Waals surface area contributed by atoms with Gasteiger partial charge >= 0.3 is 0 Å². The molecule has 0 saturated heterocycles. The second kappa shape index (κ2) is 7.59. The summed E-state index contributed by atoms with van der Waals surface area (Å²) in [6.07, 6.45) is 3.37. The van der Waals surface area contributed by atoms with E-state index >= 15 is 0 Å². The first kappa shape index (κ1) is 18.4. The number of carbonyl (C=O) groups is 2. The van der Waals surface area contributed by atoms with Crippen molar-refractivity contribution in [1.29, 1.82) is 0 Å². The monoisotopic (exact) mass is 389 g/mol. The fourth-order valence-corrected chi connectivity index (χ4v) is 2.90. The summed E-state index contributed by atoms with van der Waals surface area (Å²) in [6, 6.07) is 12.9. The maximum Gasteiger partial charge on any atom is 0.262 e. The quantitative estimate of drug-likeness (QED) is 0.712. The van der Waals surface area contributed by atoms with Crippen molar-refractivity contribution >= 4 is 29.0 Å². The van der Waals surface area contributed by atoms with E-state index in [4.69, 9.17) is 4.74 Å². The van der Waals surface area contributed by atoms with Crippen LogP contribution < -0.4 is 15.4 Å². The lowest BCUT2D eigenvalue weighted by Gasteiger charge is -2.17. The summed E-state index contributed by atoms with van der Waals surface area (Å²) in [5, 5.41) is 5.88. The van der Waals surface area contributed by atoms with Gasteiger partial charge in [0.15, 0.2) is 6.61 Å². The zero-order chi connectivity index (χ0) is 20.4. The number of carbonyl (C=O) groups excluding carboxylic acids is 2. The van der Waals surface area contributed by atoms with E-state index in [1.54, 1.807) is 49.6 Å². The third-order valence-electron chi connectivity index (χ3n) is 4.37. The van der Waals surface area contributed by atoms with Crippen molar-refractivity contribution < 1.29 is 14.3 Å². The molecule has 3 heterocycles. The van der Waals surface area contributed by atoms with Gasteiger partial charge in [-0.3, -0.25) is 9.59 Å². The standard InChI is InChI=1S/C21H19N5O3/c1-26(2)21(28)14-5-3-13(4-6-14)15-7-8-18(22-10-15)24-16-9-17-20(23-11-16)29-12-19(27)25-17/h3-11H,12H2,1-2H3,(H,22,24)(H,25,27). The molecule has 0 spiro atoms. The average Bonchev–Trinajstić information content (AvgIpc) is 2.73. The van der Waals surface area contributed by atoms with Crippen LogP contribution in [0.5, 0.6) is 5.88 Å². The molecule has 29 heavy (non-hydrogen) atoms. The van der Waals surface area contributed by atoms with E-state index in [0.717, 1.165) is 11.1 Å². The molecule has 0 radical (unpaired) electrons. The molecule has 3 aromatic rings. The molecule has 1 aromatic carbocycles. The lowest BCUT2D eigenvalue weighted by atomic mass is 10.1. The predicted molar refractivity (Wildman–Crippen MR) is 109 cm³/mol. The molecule has 146 valence electrons. The van der Waals surface area contributed by atoms with Gasteiger partial charge in [0.25, 0.3) is 11.8 Å². The molecular formula is C21H19N5O3. The summed E-state index contributed by atoms with van der Waals surface area (Å²) in [5.74, 6) is 0.791. The van der Waals surface area contributed by atoms with Crippen molar-refractivity contribution in [2.24, 2.45) is 0 Å². The summed E-state index contributed by atoms with van der Waals surface area (Å²) >= 11 is 0. The average molecular weight is 389 g/mol. The maximum absolute atomic E-state index is 12.0. The Labute approximate surface area is 167 Å². The van der Waals surface area contributed by atoms with Crippen molar-refractivity contribution in [3.05, 3.63) is 60.4 Å². The maximum atomic E-state index is 12.0. The Hall–Kier alpha value is -3.94. The van der Waals surface area contributed by atoms with Gasteiger partial charge in [0.1, 0.15) is 11.5 Å². The largest absolute Gasteiger partial charge is 0.466 e. The molecule has 0 bridgehead atoms. The third-order valence-corrected chi connectivity index (χ3v) is 4.37. The first-order valence-corrected chi connectivity index (χ1v) is 8.97. The van der Waals surface area contributed by atoms with Crippen LogP contribution >= 0.6 is 0 Å². The van der Waals surface area contributed by atoms with Gasteiger partial charge in [0, 0.05) is 31.4 Å². The SMILES string of the molecule is CN(C)C(=O)c1ccc(-c2ccc(Nc3cnc4c(c3)NC(=O)CO4)nc2)cc1. The number of anilines is 3. The van der Waals surface area contributed by atoms with Gasteiger partial charge in [-0.2, -0.15) is 0 Å². The van der Waals surface area contributed by atoms with Gasteiger partial charge in [-0.05, 0) is 35.9 Å². The number of fused-ring (bicyclic) bond motifs is 1. The van der Waals surface area contributed by atoms with Gasteiger partial charge < -0.3 is 20.3 Å². The molecular weight excluding hydrogens is 370 g/mol. The molecule has 8 nitrogen and oxygen atoms in total. The number of nitrogens with zero attached hydrogens (tertiary/aromatic N) is 3. The summed E-state index contributed by atoms with van der Waals surface area (Å²) in [6.45, 7) is -0.0277. The number of ether oxygens (including phenoxy) is 1. The summed E-state index contributed by atoms with van der Waals surface area (Å²) in [4.78, 5) is 33.6. The zero-order valence-electron chi connectivity index (χ0n) is 16.0. The Morgan fingerprint density at radius 2 is 1.83 bits per heavy atom. The van der Waals surface area contributed by atoms with Crippen LogP contribution in [0.1, 0.15) is 10.4 Å². The predicted octanol–water partition coefficient (Wildman–Crippen LogP) is 2.92. The van der Waals surface area contributed by atoms with E-state index < -0.39 is 0 Å². The molecule has 0 fully saturated rings. The minimum absolute atomic E-state index is 0.0277. The number of rotatable bonds is 4. The Kier molecular flexibility index (Phi) is 4.82. The van der Waals surface area contributed by atoms with Crippen molar-refractivity contribution in [1.82, 2.24) is 14.9 Å². The first-order valence-electron chi connectivity index (χ1n) is 8.97.